The summed E-state index contributed by atoms with van der Waals surface area (Å²) in [6.45, 7) is 1.22. The number of para-hydroxylation sites is 1. The SMILES string of the molecule is COc1cccc(/C=N\NC(=O)CN(Cc2ccc(F)cc2)S(=O)(=O)c2ccc(C)cc2)c1OC. The van der Waals surface area contributed by atoms with Crippen molar-refractivity contribution in [3.63, 3.8) is 0 Å². The van der Waals surface area contributed by atoms with Crippen molar-refractivity contribution in [3.05, 3.63) is 89.2 Å². The Labute approximate surface area is 204 Å². The van der Waals surface area contributed by atoms with Crippen LogP contribution in [0.5, 0.6) is 11.5 Å². The van der Waals surface area contributed by atoms with Gasteiger partial charge in [-0.1, -0.05) is 35.9 Å². The molecule has 0 aliphatic carbocycles. The smallest absolute Gasteiger partial charge is 0.255 e. The van der Waals surface area contributed by atoms with Crippen molar-refractivity contribution in [3.8, 4) is 11.5 Å². The summed E-state index contributed by atoms with van der Waals surface area (Å²) in [6.07, 6.45) is 1.37. The van der Waals surface area contributed by atoms with Gasteiger partial charge in [-0.3, -0.25) is 4.79 Å². The molecule has 35 heavy (non-hydrogen) atoms. The van der Waals surface area contributed by atoms with Crippen LogP contribution in [-0.2, 0) is 21.4 Å². The van der Waals surface area contributed by atoms with Gasteiger partial charge in [-0.15, -0.1) is 0 Å². The van der Waals surface area contributed by atoms with Crippen LogP contribution >= 0.6 is 0 Å². The number of hydrazone groups is 1. The first-order chi connectivity index (χ1) is 16.7. The molecule has 0 atom stereocenters. The Morgan fingerprint density at radius 1 is 1.03 bits per heavy atom. The van der Waals surface area contributed by atoms with Crippen molar-refractivity contribution < 1.29 is 27.1 Å². The van der Waals surface area contributed by atoms with Crippen LogP contribution in [0.1, 0.15) is 16.7 Å². The first kappa shape index (κ1) is 25.9. The maximum absolute atomic E-state index is 13.3. The second-order valence-corrected chi connectivity index (χ2v) is 9.53. The number of benzene rings is 3. The lowest BCUT2D eigenvalue weighted by molar-refractivity contribution is -0.121. The highest BCUT2D eigenvalue weighted by Gasteiger charge is 2.27. The average molecular weight is 500 g/mol. The summed E-state index contributed by atoms with van der Waals surface area (Å²) in [5.41, 5.74) is 4.33. The minimum absolute atomic E-state index is 0.0441. The molecule has 10 heteroatoms. The van der Waals surface area contributed by atoms with Crippen LogP contribution < -0.4 is 14.9 Å². The number of amides is 1. The van der Waals surface area contributed by atoms with Crippen LogP contribution in [0.25, 0.3) is 0 Å². The normalized spacial score (nSPS) is 11.6. The third kappa shape index (κ3) is 6.65. The van der Waals surface area contributed by atoms with E-state index in [-0.39, 0.29) is 11.4 Å². The predicted molar refractivity (Wildman–Crippen MR) is 130 cm³/mol. The first-order valence-corrected chi connectivity index (χ1v) is 12.0. The summed E-state index contributed by atoms with van der Waals surface area (Å²) in [5, 5.41) is 3.93. The molecule has 0 aromatic heterocycles. The molecule has 0 spiro atoms. The highest BCUT2D eigenvalue weighted by atomic mass is 32.2. The van der Waals surface area contributed by atoms with E-state index in [1.54, 1.807) is 30.3 Å². The third-order valence-corrected chi connectivity index (χ3v) is 6.88. The highest BCUT2D eigenvalue weighted by molar-refractivity contribution is 7.89. The van der Waals surface area contributed by atoms with E-state index in [1.807, 2.05) is 6.92 Å². The molecule has 0 saturated carbocycles. The minimum Gasteiger partial charge on any atom is -0.493 e. The summed E-state index contributed by atoms with van der Waals surface area (Å²) in [7, 11) is -1.04. The molecule has 0 aliphatic heterocycles. The molecule has 0 aliphatic rings. The lowest BCUT2D eigenvalue weighted by Gasteiger charge is -2.21. The molecule has 0 bridgehead atoms. The monoisotopic (exact) mass is 499 g/mol. The molecule has 0 saturated heterocycles. The molecule has 3 aromatic rings. The Hall–Kier alpha value is -3.76. The number of rotatable bonds is 10. The molecule has 0 fully saturated rings. The zero-order valence-electron chi connectivity index (χ0n) is 19.6. The standard InChI is InChI=1S/C25H26FN3O5S/c1-18-7-13-22(14-8-18)35(31,32)29(16-19-9-11-21(26)12-10-19)17-24(30)28-27-15-20-5-4-6-23(33-2)25(20)34-3/h4-15H,16-17H2,1-3H3,(H,28,30)/b27-15-. The van der Waals surface area contributed by atoms with Crippen LogP contribution in [0.15, 0.2) is 76.7 Å². The molecule has 8 nitrogen and oxygen atoms in total. The van der Waals surface area contributed by atoms with Crippen molar-refractivity contribution in [1.82, 2.24) is 9.73 Å². The van der Waals surface area contributed by atoms with E-state index in [2.05, 4.69) is 10.5 Å². The van der Waals surface area contributed by atoms with Gasteiger partial charge in [0.25, 0.3) is 5.91 Å². The van der Waals surface area contributed by atoms with E-state index in [1.165, 1.54) is 56.8 Å². The molecule has 184 valence electrons. The van der Waals surface area contributed by atoms with Crippen LogP contribution in [0.2, 0.25) is 0 Å². The number of aryl methyl sites for hydroxylation is 1. The first-order valence-electron chi connectivity index (χ1n) is 10.6. The molecule has 1 N–H and O–H groups in total. The van der Waals surface area contributed by atoms with E-state index in [0.29, 0.717) is 22.6 Å². The molecular weight excluding hydrogens is 473 g/mol. The summed E-state index contributed by atoms with van der Waals surface area (Å²) >= 11 is 0. The Bertz CT molecular complexity index is 1290. The number of methoxy groups -OCH3 is 2. The van der Waals surface area contributed by atoms with Crippen molar-refractivity contribution in [2.75, 3.05) is 20.8 Å². The summed E-state index contributed by atoms with van der Waals surface area (Å²) in [6, 6.07) is 16.9. The predicted octanol–water partition coefficient (Wildman–Crippen LogP) is 3.49. The molecule has 0 heterocycles. The molecular formula is C25H26FN3O5S. The Morgan fingerprint density at radius 3 is 2.34 bits per heavy atom. The topological polar surface area (TPSA) is 97.3 Å². The van der Waals surface area contributed by atoms with Gasteiger partial charge >= 0.3 is 0 Å². The number of carbonyl (C=O) groups is 1. The van der Waals surface area contributed by atoms with Crippen LogP contribution in [-0.4, -0.2) is 45.6 Å². The summed E-state index contributed by atoms with van der Waals surface area (Å²) in [4.78, 5) is 12.7. The van der Waals surface area contributed by atoms with Gasteiger partial charge in [0.1, 0.15) is 5.82 Å². The number of nitrogens with zero attached hydrogens (tertiary/aromatic N) is 2. The Morgan fingerprint density at radius 2 is 1.71 bits per heavy atom. The van der Waals surface area contributed by atoms with Crippen LogP contribution in [0.3, 0.4) is 0 Å². The molecule has 0 unspecified atom stereocenters. The van der Waals surface area contributed by atoms with Crippen LogP contribution in [0, 0.1) is 12.7 Å². The number of halogens is 1. The zero-order valence-corrected chi connectivity index (χ0v) is 20.4. The number of sulfonamides is 1. The second kappa shape index (κ2) is 11.6. The zero-order chi connectivity index (χ0) is 25.4. The van der Waals surface area contributed by atoms with Gasteiger partial charge in [-0.05, 0) is 48.9 Å². The average Bonchev–Trinajstić information content (AvgIpc) is 2.85. The maximum Gasteiger partial charge on any atom is 0.255 e. The molecule has 0 radical (unpaired) electrons. The van der Waals surface area contributed by atoms with E-state index in [9.17, 15) is 17.6 Å². The largest absolute Gasteiger partial charge is 0.493 e. The lowest BCUT2D eigenvalue weighted by atomic mass is 10.2. The van der Waals surface area contributed by atoms with Crippen molar-refractivity contribution >= 4 is 22.1 Å². The fourth-order valence-corrected chi connectivity index (χ4v) is 4.65. The van der Waals surface area contributed by atoms with Gasteiger partial charge in [0, 0.05) is 12.1 Å². The fraction of sp³-hybridized carbons (Fsp3) is 0.200. The number of hydrogen-bond acceptors (Lipinski definition) is 6. The van der Waals surface area contributed by atoms with E-state index < -0.39 is 28.3 Å². The van der Waals surface area contributed by atoms with Gasteiger partial charge in [-0.25, -0.2) is 18.2 Å². The minimum atomic E-state index is -4.03. The molecule has 3 aromatic carbocycles. The van der Waals surface area contributed by atoms with Gasteiger partial charge in [-0.2, -0.15) is 9.41 Å². The van der Waals surface area contributed by atoms with Crippen LogP contribution in [0.4, 0.5) is 4.39 Å². The molecule has 3 rings (SSSR count). The maximum atomic E-state index is 13.3. The summed E-state index contributed by atoms with van der Waals surface area (Å²) in [5.74, 6) is -0.159. The number of nitrogens with one attached hydrogen (secondary N) is 1. The second-order valence-electron chi connectivity index (χ2n) is 7.59. The number of hydrogen-bond donors (Lipinski definition) is 1. The lowest BCUT2D eigenvalue weighted by Crippen LogP contribution is -2.39. The summed E-state index contributed by atoms with van der Waals surface area (Å²) < 4.78 is 51.5. The quantitative estimate of drug-likeness (QED) is 0.340. The van der Waals surface area contributed by atoms with Gasteiger partial charge in [0.2, 0.25) is 10.0 Å². The van der Waals surface area contributed by atoms with E-state index in [0.717, 1.165) is 9.87 Å². The highest BCUT2D eigenvalue weighted by Crippen LogP contribution is 2.29. The van der Waals surface area contributed by atoms with Crippen molar-refractivity contribution in [2.24, 2.45) is 5.10 Å². The van der Waals surface area contributed by atoms with Gasteiger partial charge in [0.05, 0.1) is 31.9 Å². The van der Waals surface area contributed by atoms with Gasteiger partial charge < -0.3 is 9.47 Å². The number of ether oxygens (including phenoxy) is 2. The van der Waals surface area contributed by atoms with E-state index >= 15 is 0 Å². The van der Waals surface area contributed by atoms with Crippen molar-refractivity contribution in [2.45, 2.75) is 18.4 Å². The fourth-order valence-electron chi connectivity index (χ4n) is 3.26. The number of carbonyl (C=O) groups excluding carboxylic acids is 1. The molecule has 1 amide bonds. The third-order valence-electron chi connectivity index (χ3n) is 5.08. The van der Waals surface area contributed by atoms with Crippen molar-refractivity contribution in [1.29, 1.82) is 0 Å². The Balaban J connectivity index is 1.80. The Kier molecular flexibility index (Phi) is 8.56. The van der Waals surface area contributed by atoms with Gasteiger partial charge in [0.15, 0.2) is 11.5 Å². The van der Waals surface area contributed by atoms with E-state index in [4.69, 9.17) is 9.47 Å².